The number of imidazole rings is 1. The van der Waals surface area contributed by atoms with E-state index >= 15 is 0 Å². The lowest BCUT2D eigenvalue weighted by Gasteiger charge is -2.43. The number of methoxy groups -OCH3 is 2. The molecule has 182 valence electrons. The summed E-state index contributed by atoms with van der Waals surface area (Å²) in [5.74, 6) is -0.916. The average molecular weight is 477 g/mol. The monoisotopic (exact) mass is 476 g/mol. The number of anilines is 1. The third kappa shape index (κ3) is 4.14. The van der Waals surface area contributed by atoms with E-state index in [0.717, 1.165) is 16.7 Å². The molecule has 0 bridgehead atoms. The summed E-state index contributed by atoms with van der Waals surface area (Å²) in [6.45, 7) is 5.94. The van der Waals surface area contributed by atoms with Crippen LogP contribution in [0.4, 0.5) is 5.69 Å². The van der Waals surface area contributed by atoms with E-state index in [4.69, 9.17) is 9.47 Å². The standard InChI is InChI=1S/C26H28N4O5/c1-16-10-11-19(12-17(16)2)30-23(31)22-21(24(32)35-5)28-15-29(22)14-26(30,3)25(33)27-13-18-8-6-7-9-20(18)34-4/h6-12,15H,13-14H2,1-5H3,(H,27,33)/t26-/m1/s1. The molecule has 4 rings (SSSR count). The molecule has 0 saturated carbocycles. The van der Waals surface area contributed by atoms with Crippen molar-refractivity contribution < 1.29 is 23.9 Å². The highest BCUT2D eigenvalue weighted by atomic mass is 16.5. The van der Waals surface area contributed by atoms with Crippen molar-refractivity contribution >= 4 is 23.5 Å². The Morgan fingerprint density at radius 2 is 1.86 bits per heavy atom. The number of nitrogens with one attached hydrogen (secondary N) is 1. The molecule has 1 aliphatic rings. The van der Waals surface area contributed by atoms with Gasteiger partial charge in [-0.3, -0.25) is 14.5 Å². The molecule has 1 aliphatic heterocycles. The first kappa shape index (κ1) is 24.0. The molecule has 1 aromatic heterocycles. The Labute approximate surface area is 203 Å². The predicted molar refractivity (Wildman–Crippen MR) is 130 cm³/mol. The van der Waals surface area contributed by atoms with Crippen LogP contribution in [-0.2, 0) is 22.6 Å². The third-order valence-corrected chi connectivity index (χ3v) is 6.46. The van der Waals surface area contributed by atoms with Gasteiger partial charge in [-0.05, 0) is 50.1 Å². The second-order valence-corrected chi connectivity index (χ2v) is 8.74. The Morgan fingerprint density at radius 3 is 2.54 bits per heavy atom. The van der Waals surface area contributed by atoms with E-state index in [-0.39, 0.29) is 30.4 Å². The average Bonchev–Trinajstić information content (AvgIpc) is 3.28. The normalized spacial score (nSPS) is 17.1. The highest BCUT2D eigenvalue weighted by Crippen LogP contribution is 2.35. The summed E-state index contributed by atoms with van der Waals surface area (Å²) >= 11 is 0. The van der Waals surface area contributed by atoms with Crippen molar-refractivity contribution in [1.29, 1.82) is 0 Å². The molecule has 2 amide bonds. The number of ether oxygens (including phenoxy) is 2. The molecule has 2 heterocycles. The van der Waals surface area contributed by atoms with Crippen LogP contribution < -0.4 is 15.0 Å². The minimum atomic E-state index is -1.30. The summed E-state index contributed by atoms with van der Waals surface area (Å²) in [4.78, 5) is 45.4. The summed E-state index contributed by atoms with van der Waals surface area (Å²) in [5.41, 5.74) is 2.09. The maximum Gasteiger partial charge on any atom is 0.359 e. The van der Waals surface area contributed by atoms with Crippen molar-refractivity contribution in [2.75, 3.05) is 19.1 Å². The fraction of sp³-hybridized carbons (Fsp3) is 0.308. The molecule has 0 fully saturated rings. The van der Waals surface area contributed by atoms with E-state index in [9.17, 15) is 14.4 Å². The van der Waals surface area contributed by atoms with E-state index in [1.165, 1.54) is 22.9 Å². The largest absolute Gasteiger partial charge is 0.496 e. The number of esters is 1. The number of hydrogen-bond donors (Lipinski definition) is 1. The Hall–Kier alpha value is -4.14. The van der Waals surface area contributed by atoms with Crippen LogP contribution in [0.15, 0.2) is 48.8 Å². The van der Waals surface area contributed by atoms with E-state index in [1.807, 2.05) is 50.2 Å². The lowest BCUT2D eigenvalue weighted by Crippen LogP contribution is -2.64. The number of aromatic nitrogens is 2. The fourth-order valence-corrected chi connectivity index (χ4v) is 4.36. The van der Waals surface area contributed by atoms with E-state index in [1.54, 1.807) is 20.1 Å². The van der Waals surface area contributed by atoms with Crippen LogP contribution >= 0.6 is 0 Å². The van der Waals surface area contributed by atoms with Crippen LogP contribution in [0.3, 0.4) is 0 Å². The van der Waals surface area contributed by atoms with Gasteiger partial charge >= 0.3 is 5.97 Å². The van der Waals surface area contributed by atoms with Crippen molar-refractivity contribution in [3.63, 3.8) is 0 Å². The topological polar surface area (TPSA) is 103 Å². The number of fused-ring (bicyclic) bond motifs is 1. The zero-order valence-electron chi connectivity index (χ0n) is 20.4. The number of hydrogen-bond acceptors (Lipinski definition) is 6. The van der Waals surface area contributed by atoms with Crippen molar-refractivity contribution in [2.24, 2.45) is 0 Å². The quantitative estimate of drug-likeness (QED) is 0.549. The van der Waals surface area contributed by atoms with E-state index in [2.05, 4.69) is 10.3 Å². The molecular weight excluding hydrogens is 448 g/mol. The maximum absolute atomic E-state index is 13.9. The third-order valence-electron chi connectivity index (χ3n) is 6.46. The van der Waals surface area contributed by atoms with Crippen LogP contribution in [0.5, 0.6) is 5.75 Å². The van der Waals surface area contributed by atoms with Crippen molar-refractivity contribution in [1.82, 2.24) is 14.9 Å². The van der Waals surface area contributed by atoms with Crippen LogP contribution in [0, 0.1) is 13.8 Å². The molecule has 35 heavy (non-hydrogen) atoms. The molecule has 1 atom stereocenters. The molecule has 9 nitrogen and oxygen atoms in total. The van der Waals surface area contributed by atoms with Gasteiger partial charge in [0.2, 0.25) is 5.91 Å². The molecule has 0 aliphatic carbocycles. The summed E-state index contributed by atoms with van der Waals surface area (Å²) in [7, 11) is 2.81. The van der Waals surface area contributed by atoms with Gasteiger partial charge in [0.25, 0.3) is 5.91 Å². The van der Waals surface area contributed by atoms with Gasteiger partial charge in [0.05, 0.1) is 27.1 Å². The minimum absolute atomic E-state index is 0.0807. The minimum Gasteiger partial charge on any atom is -0.496 e. The predicted octanol–water partition coefficient (Wildman–Crippen LogP) is 3.03. The Balaban J connectivity index is 1.77. The summed E-state index contributed by atoms with van der Waals surface area (Å²) in [5, 5.41) is 2.96. The van der Waals surface area contributed by atoms with Gasteiger partial charge in [-0.2, -0.15) is 0 Å². The zero-order chi connectivity index (χ0) is 25.3. The number of carbonyl (C=O) groups excluding carboxylic acids is 3. The molecule has 0 spiro atoms. The van der Waals surface area contributed by atoms with Gasteiger partial charge in [0, 0.05) is 17.8 Å². The molecule has 0 saturated heterocycles. The Bertz CT molecular complexity index is 1310. The fourth-order valence-electron chi connectivity index (χ4n) is 4.36. The highest BCUT2D eigenvalue weighted by molar-refractivity contribution is 6.15. The number of para-hydroxylation sites is 1. The lowest BCUT2D eigenvalue weighted by molar-refractivity contribution is -0.126. The second kappa shape index (κ2) is 9.25. The second-order valence-electron chi connectivity index (χ2n) is 8.74. The van der Waals surface area contributed by atoms with Crippen LogP contribution in [-0.4, -0.2) is 47.1 Å². The molecule has 2 aromatic carbocycles. The number of carbonyl (C=O) groups is 3. The smallest absolute Gasteiger partial charge is 0.359 e. The van der Waals surface area contributed by atoms with Crippen molar-refractivity contribution in [3.8, 4) is 5.75 Å². The molecule has 3 aromatic rings. The summed E-state index contributed by atoms with van der Waals surface area (Å²) in [6, 6.07) is 13.0. The number of amides is 2. The van der Waals surface area contributed by atoms with E-state index in [0.29, 0.717) is 11.4 Å². The highest BCUT2D eigenvalue weighted by Gasteiger charge is 2.49. The number of benzene rings is 2. The first-order valence-corrected chi connectivity index (χ1v) is 11.2. The first-order chi connectivity index (χ1) is 16.7. The van der Waals surface area contributed by atoms with Crippen molar-refractivity contribution in [3.05, 3.63) is 76.9 Å². The van der Waals surface area contributed by atoms with Crippen LogP contribution in [0.25, 0.3) is 0 Å². The number of nitrogens with zero attached hydrogens (tertiary/aromatic N) is 3. The van der Waals surface area contributed by atoms with Crippen LogP contribution in [0.1, 0.15) is 44.6 Å². The van der Waals surface area contributed by atoms with Gasteiger partial charge in [0.15, 0.2) is 5.69 Å². The Morgan fingerprint density at radius 1 is 1.11 bits per heavy atom. The summed E-state index contributed by atoms with van der Waals surface area (Å²) in [6.07, 6.45) is 1.39. The van der Waals surface area contributed by atoms with Crippen LogP contribution in [0.2, 0.25) is 0 Å². The SMILES string of the molecule is COC(=O)c1ncn2c1C(=O)N(c1ccc(C)c(C)c1)[C@@](C)(C(=O)NCc1ccccc1OC)C2. The van der Waals surface area contributed by atoms with Gasteiger partial charge in [-0.25, -0.2) is 9.78 Å². The molecule has 9 heteroatoms. The van der Waals surface area contributed by atoms with Gasteiger partial charge in [-0.15, -0.1) is 0 Å². The maximum atomic E-state index is 13.9. The van der Waals surface area contributed by atoms with E-state index < -0.39 is 17.4 Å². The first-order valence-electron chi connectivity index (χ1n) is 11.2. The zero-order valence-corrected chi connectivity index (χ0v) is 20.4. The van der Waals surface area contributed by atoms with Gasteiger partial charge in [0.1, 0.15) is 17.0 Å². The Kier molecular flexibility index (Phi) is 6.34. The molecule has 0 unspecified atom stereocenters. The molecule has 1 N–H and O–H groups in total. The number of aryl methyl sites for hydroxylation is 2. The molecule has 0 radical (unpaired) electrons. The lowest BCUT2D eigenvalue weighted by atomic mass is 9.92. The van der Waals surface area contributed by atoms with Crippen molar-refractivity contribution in [2.45, 2.75) is 39.4 Å². The number of rotatable bonds is 6. The van der Waals surface area contributed by atoms with Gasteiger partial charge in [-0.1, -0.05) is 24.3 Å². The van der Waals surface area contributed by atoms with Gasteiger partial charge < -0.3 is 19.4 Å². The molecular formula is C26H28N4O5. The summed E-state index contributed by atoms with van der Waals surface area (Å²) < 4.78 is 11.7.